The van der Waals surface area contributed by atoms with Crippen LogP contribution in [-0.2, 0) is 11.3 Å². The van der Waals surface area contributed by atoms with Crippen molar-refractivity contribution in [3.05, 3.63) is 35.4 Å². The lowest BCUT2D eigenvalue weighted by Crippen LogP contribution is -2.37. The van der Waals surface area contributed by atoms with Crippen LogP contribution in [0.3, 0.4) is 0 Å². The molecule has 0 aliphatic heterocycles. The molecule has 0 atom stereocenters. The number of methoxy groups -OCH3 is 1. The van der Waals surface area contributed by atoms with Gasteiger partial charge in [0, 0.05) is 33.9 Å². The first-order valence-electron chi connectivity index (χ1n) is 7.26. The van der Waals surface area contributed by atoms with Gasteiger partial charge in [0.1, 0.15) is 0 Å². The van der Waals surface area contributed by atoms with Gasteiger partial charge in [-0.3, -0.25) is 4.99 Å². The predicted molar refractivity (Wildman–Crippen MR) is 85.1 cm³/mol. The van der Waals surface area contributed by atoms with Gasteiger partial charge in [-0.05, 0) is 37.3 Å². The Balaban J connectivity index is 2.22. The van der Waals surface area contributed by atoms with E-state index < -0.39 is 0 Å². The average Bonchev–Trinajstić information content (AvgIpc) is 2.47. The summed E-state index contributed by atoms with van der Waals surface area (Å²) in [5.41, 5.74) is 2.60. The first-order chi connectivity index (χ1) is 9.77. The van der Waals surface area contributed by atoms with E-state index in [1.807, 2.05) is 0 Å². The van der Waals surface area contributed by atoms with Crippen LogP contribution in [0.25, 0.3) is 0 Å². The Morgan fingerprint density at radius 2 is 1.95 bits per heavy atom. The molecule has 2 N–H and O–H groups in total. The highest BCUT2D eigenvalue weighted by atomic mass is 16.5. The monoisotopic (exact) mass is 277 g/mol. The van der Waals surface area contributed by atoms with Crippen LogP contribution in [0.1, 0.15) is 30.4 Å². The van der Waals surface area contributed by atoms with Crippen molar-refractivity contribution in [2.24, 2.45) is 4.99 Å². The number of rotatable bonds is 8. The maximum atomic E-state index is 5.03. The third kappa shape index (κ3) is 6.57. The quantitative estimate of drug-likeness (QED) is 0.436. The fourth-order valence-electron chi connectivity index (χ4n) is 1.96. The number of aliphatic imine (C=N–C) groups is 1. The number of benzene rings is 1. The van der Waals surface area contributed by atoms with Gasteiger partial charge in [0.05, 0.1) is 0 Å². The van der Waals surface area contributed by atoms with Gasteiger partial charge in [0.25, 0.3) is 0 Å². The van der Waals surface area contributed by atoms with Crippen LogP contribution in [0.15, 0.2) is 29.3 Å². The largest absolute Gasteiger partial charge is 0.385 e. The minimum atomic E-state index is 0.802. The highest BCUT2D eigenvalue weighted by Crippen LogP contribution is 2.05. The second kappa shape index (κ2) is 10.3. The van der Waals surface area contributed by atoms with Crippen LogP contribution in [0.2, 0.25) is 0 Å². The molecule has 0 heterocycles. The molecule has 1 aromatic carbocycles. The first-order valence-corrected chi connectivity index (χ1v) is 7.26. The van der Waals surface area contributed by atoms with E-state index in [0.29, 0.717) is 0 Å². The lowest BCUT2D eigenvalue weighted by atomic mass is 10.1. The van der Waals surface area contributed by atoms with Crippen molar-refractivity contribution in [3.63, 3.8) is 0 Å². The topological polar surface area (TPSA) is 45.7 Å². The third-order valence-corrected chi connectivity index (χ3v) is 3.25. The molecule has 0 saturated carbocycles. The van der Waals surface area contributed by atoms with Crippen LogP contribution in [-0.4, -0.2) is 33.3 Å². The van der Waals surface area contributed by atoms with Crippen LogP contribution in [0.4, 0.5) is 0 Å². The van der Waals surface area contributed by atoms with Gasteiger partial charge in [-0.2, -0.15) is 0 Å². The molecule has 0 aliphatic rings. The Hall–Kier alpha value is -1.55. The molecule has 4 heteroatoms. The Labute approximate surface area is 122 Å². The minimum Gasteiger partial charge on any atom is -0.385 e. The van der Waals surface area contributed by atoms with Crippen LogP contribution in [0, 0.1) is 6.92 Å². The summed E-state index contributed by atoms with van der Waals surface area (Å²) < 4.78 is 5.03. The summed E-state index contributed by atoms with van der Waals surface area (Å²) in [4.78, 5) is 4.24. The Bertz CT molecular complexity index is 404. The molecular weight excluding hydrogens is 250 g/mol. The number of aryl methyl sites for hydroxylation is 1. The highest BCUT2D eigenvalue weighted by Gasteiger charge is 2.00. The summed E-state index contributed by atoms with van der Waals surface area (Å²) in [6, 6.07) is 8.39. The standard InChI is InChI=1S/C16H27N3O/c1-14-9-5-6-10-15(14)13-19-16(17-2)18-11-7-4-8-12-20-3/h5-6,9-10H,4,7-8,11-13H2,1-3H3,(H2,17,18,19). The number of guanidine groups is 1. The van der Waals surface area contributed by atoms with Crippen molar-refractivity contribution in [1.82, 2.24) is 10.6 Å². The van der Waals surface area contributed by atoms with Crippen molar-refractivity contribution in [3.8, 4) is 0 Å². The molecule has 1 aromatic rings. The molecule has 0 amide bonds. The van der Waals surface area contributed by atoms with E-state index in [1.54, 1.807) is 14.2 Å². The van der Waals surface area contributed by atoms with E-state index in [9.17, 15) is 0 Å². The molecule has 0 aromatic heterocycles. The van der Waals surface area contributed by atoms with Crippen LogP contribution < -0.4 is 10.6 Å². The summed E-state index contributed by atoms with van der Waals surface area (Å²) in [7, 11) is 3.55. The SMILES string of the molecule is CN=C(NCCCCCOC)NCc1ccccc1C. The summed E-state index contributed by atoms with van der Waals surface area (Å²) in [6.45, 7) is 4.72. The summed E-state index contributed by atoms with van der Waals surface area (Å²) in [5.74, 6) is 0.861. The van der Waals surface area contributed by atoms with Crippen LogP contribution >= 0.6 is 0 Å². The molecule has 4 nitrogen and oxygen atoms in total. The van der Waals surface area contributed by atoms with Gasteiger partial charge in [-0.25, -0.2) is 0 Å². The molecule has 20 heavy (non-hydrogen) atoms. The second-order valence-electron chi connectivity index (χ2n) is 4.83. The van der Waals surface area contributed by atoms with Gasteiger partial charge in [0.15, 0.2) is 5.96 Å². The molecule has 0 spiro atoms. The van der Waals surface area contributed by atoms with E-state index in [4.69, 9.17) is 4.74 Å². The zero-order valence-corrected chi connectivity index (χ0v) is 12.9. The fourth-order valence-corrected chi connectivity index (χ4v) is 1.96. The smallest absolute Gasteiger partial charge is 0.191 e. The molecule has 0 radical (unpaired) electrons. The maximum Gasteiger partial charge on any atom is 0.191 e. The molecule has 0 unspecified atom stereocenters. The molecule has 0 bridgehead atoms. The van der Waals surface area contributed by atoms with Crippen molar-refractivity contribution in [2.75, 3.05) is 27.3 Å². The molecule has 112 valence electrons. The predicted octanol–water partition coefficient (Wildman–Crippen LogP) is 2.48. The molecule has 1 rings (SSSR count). The third-order valence-electron chi connectivity index (χ3n) is 3.25. The van der Waals surface area contributed by atoms with Gasteiger partial charge in [-0.1, -0.05) is 24.3 Å². The van der Waals surface area contributed by atoms with Crippen LogP contribution in [0.5, 0.6) is 0 Å². The molecular formula is C16H27N3O. The lowest BCUT2D eigenvalue weighted by Gasteiger charge is -2.13. The summed E-state index contributed by atoms with van der Waals surface area (Å²) >= 11 is 0. The molecule has 0 fully saturated rings. The normalized spacial score (nSPS) is 11.4. The van der Waals surface area contributed by atoms with Crippen molar-refractivity contribution in [2.45, 2.75) is 32.7 Å². The zero-order valence-electron chi connectivity index (χ0n) is 12.9. The first kappa shape index (κ1) is 16.5. The van der Waals surface area contributed by atoms with E-state index in [-0.39, 0.29) is 0 Å². The number of nitrogens with one attached hydrogen (secondary N) is 2. The minimum absolute atomic E-state index is 0.802. The Morgan fingerprint density at radius 3 is 2.65 bits per heavy atom. The number of hydrogen-bond donors (Lipinski definition) is 2. The van der Waals surface area contributed by atoms with Crippen molar-refractivity contribution >= 4 is 5.96 Å². The Morgan fingerprint density at radius 1 is 1.15 bits per heavy atom. The van der Waals surface area contributed by atoms with E-state index in [1.165, 1.54) is 17.5 Å². The van der Waals surface area contributed by atoms with Crippen molar-refractivity contribution in [1.29, 1.82) is 0 Å². The van der Waals surface area contributed by atoms with Gasteiger partial charge in [-0.15, -0.1) is 0 Å². The maximum absolute atomic E-state index is 5.03. The van der Waals surface area contributed by atoms with E-state index in [0.717, 1.165) is 38.5 Å². The molecule has 0 aliphatic carbocycles. The fraction of sp³-hybridized carbons (Fsp3) is 0.562. The van der Waals surface area contributed by atoms with E-state index in [2.05, 4.69) is 46.8 Å². The summed E-state index contributed by atoms with van der Waals surface area (Å²) in [5, 5.41) is 6.68. The zero-order chi connectivity index (χ0) is 14.6. The number of hydrogen-bond acceptors (Lipinski definition) is 2. The average molecular weight is 277 g/mol. The van der Waals surface area contributed by atoms with Gasteiger partial charge >= 0.3 is 0 Å². The summed E-state index contributed by atoms with van der Waals surface area (Å²) in [6.07, 6.45) is 3.43. The second-order valence-corrected chi connectivity index (χ2v) is 4.83. The lowest BCUT2D eigenvalue weighted by molar-refractivity contribution is 0.192. The number of ether oxygens (including phenoxy) is 1. The number of nitrogens with zero attached hydrogens (tertiary/aromatic N) is 1. The highest BCUT2D eigenvalue weighted by molar-refractivity contribution is 5.79. The Kier molecular flexibility index (Phi) is 8.47. The number of unbranched alkanes of at least 4 members (excludes halogenated alkanes) is 2. The van der Waals surface area contributed by atoms with Gasteiger partial charge < -0.3 is 15.4 Å². The van der Waals surface area contributed by atoms with Crippen molar-refractivity contribution < 1.29 is 4.74 Å². The van der Waals surface area contributed by atoms with E-state index >= 15 is 0 Å². The molecule has 0 saturated heterocycles. The van der Waals surface area contributed by atoms with Gasteiger partial charge in [0.2, 0.25) is 0 Å².